The molecule has 3 heteroatoms. The maximum atomic E-state index is 9.97. The van der Waals surface area contributed by atoms with Gasteiger partial charge in [0.15, 0.2) is 0 Å². The van der Waals surface area contributed by atoms with Gasteiger partial charge in [0.25, 0.3) is 0 Å². The second kappa shape index (κ2) is 7.60. The van der Waals surface area contributed by atoms with Crippen LogP contribution in [0.15, 0.2) is 36.6 Å². The maximum absolute atomic E-state index is 9.97. The van der Waals surface area contributed by atoms with Crippen LogP contribution in [-0.4, -0.2) is 17.7 Å². The smallest absolute Gasteiger partial charge is 0.328 e. The molecule has 0 aliphatic carbocycles. The van der Waals surface area contributed by atoms with Gasteiger partial charge in [-0.3, -0.25) is 0 Å². The van der Waals surface area contributed by atoms with Crippen LogP contribution in [-0.2, 0) is 9.53 Å². The summed E-state index contributed by atoms with van der Waals surface area (Å²) in [7, 11) is 0. The van der Waals surface area contributed by atoms with Crippen LogP contribution < -0.4 is 0 Å². The molecule has 1 N–H and O–H groups in total. The van der Waals surface area contributed by atoms with Crippen LogP contribution in [0.25, 0.3) is 0 Å². The van der Waals surface area contributed by atoms with Crippen molar-refractivity contribution in [1.82, 2.24) is 0 Å². The monoisotopic (exact) mass is 168 g/mol. The number of hydrogen-bond acceptors (Lipinski definition) is 2. The van der Waals surface area contributed by atoms with Crippen molar-refractivity contribution in [2.24, 2.45) is 0 Å². The molecule has 0 fully saturated rings. The molecule has 12 heavy (non-hydrogen) atoms. The SMILES string of the molecule is CCOC=CC=CC=CC(=O)O. The highest BCUT2D eigenvalue weighted by molar-refractivity contribution is 5.80. The lowest BCUT2D eigenvalue weighted by atomic mass is 10.4. The van der Waals surface area contributed by atoms with Gasteiger partial charge in [-0.2, -0.15) is 0 Å². The molecule has 0 heterocycles. The maximum Gasteiger partial charge on any atom is 0.328 e. The van der Waals surface area contributed by atoms with Crippen LogP contribution in [0, 0.1) is 0 Å². The quantitative estimate of drug-likeness (QED) is 0.386. The molecule has 0 atom stereocenters. The molecule has 0 aliphatic rings. The Morgan fingerprint density at radius 1 is 1.33 bits per heavy atom. The van der Waals surface area contributed by atoms with Crippen LogP contribution in [0.3, 0.4) is 0 Å². The van der Waals surface area contributed by atoms with Crippen molar-refractivity contribution in [3.8, 4) is 0 Å². The fourth-order valence-corrected chi connectivity index (χ4v) is 0.463. The Kier molecular flexibility index (Phi) is 6.64. The third-order valence-corrected chi connectivity index (χ3v) is 0.914. The highest BCUT2D eigenvalue weighted by Crippen LogP contribution is 1.81. The molecule has 66 valence electrons. The molecule has 0 rings (SSSR count). The molecule has 0 saturated carbocycles. The second-order valence-electron chi connectivity index (χ2n) is 1.87. The predicted octanol–water partition coefficient (Wildman–Crippen LogP) is 1.73. The Labute approximate surface area is 71.7 Å². The molecule has 0 radical (unpaired) electrons. The van der Waals surface area contributed by atoms with Gasteiger partial charge in [-0.05, 0) is 13.0 Å². The number of carbonyl (C=O) groups is 1. The molecule has 0 bridgehead atoms. The average Bonchev–Trinajstić information content (AvgIpc) is 2.02. The molecular weight excluding hydrogens is 156 g/mol. The summed E-state index contributed by atoms with van der Waals surface area (Å²) in [6, 6.07) is 0. The molecule has 0 unspecified atom stereocenters. The summed E-state index contributed by atoms with van der Waals surface area (Å²) in [5, 5.41) is 8.19. The van der Waals surface area contributed by atoms with Gasteiger partial charge >= 0.3 is 5.97 Å². The Morgan fingerprint density at radius 3 is 2.58 bits per heavy atom. The Hall–Kier alpha value is -1.51. The molecular formula is C9H12O3. The Morgan fingerprint density at radius 2 is 2.00 bits per heavy atom. The first-order chi connectivity index (χ1) is 5.77. The van der Waals surface area contributed by atoms with Gasteiger partial charge in [-0.25, -0.2) is 4.79 Å². The minimum atomic E-state index is -0.951. The highest BCUT2D eigenvalue weighted by Gasteiger charge is 1.79. The van der Waals surface area contributed by atoms with Crippen molar-refractivity contribution >= 4 is 5.97 Å². The van der Waals surface area contributed by atoms with E-state index in [0.29, 0.717) is 6.61 Å². The minimum absolute atomic E-state index is 0.634. The molecule has 0 saturated heterocycles. The zero-order valence-corrected chi connectivity index (χ0v) is 6.93. The van der Waals surface area contributed by atoms with E-state index >= 15 is 0 Å². The van der Waals surface area contributed by atoms with Crippen LogP contribution in [0.1, 0.15) is 6.92 Å². The molecule has 0 aromatic carbocycles. The Balaban J connectivity index is 3.56. The number of ether oxygens (including phenoxy) is 1. The third-order valence-electron chi connectivity index (χ3n) is 0.914. The number of carboxylic acid groups (broad SMARTS) is 1. The number of aliphatic carboxylic acids is 1. The van der Waals surface area contributed by atoms with E-state index in [1.807, 2.05) is 6.92 Å². The van der Waals surface area contributed by atoms with E-state index in [1.165, 1.54) is 6.08 Å². The van der Waals surface area contributed by atoms with Gasteiger partial charge in [0.1, 0.15) is 0 Å². The lowest BCUT2D eigenvalue weighted by Gasteiger charge is -1.87. The van der Waals surface area contributed by atoms with Crippen LogP contribution in [0.4, 0.5) is 0 Å². The first kappa shape index (κ1) is 10.5. The van der Waals surface area contributed by atoms with Crippen LogP contribution in [0.5, 0.6) is 0 Å². The van der Waals surface area contributed by atoms with Gasteiger partial charge in [-0.15, -0.1) is 0 Å². The number of allylic oxidation sites excluding steroid dienone is 4. The van der Waals surface area contributed by atoms with E-state index in [4.69, 9.17) is 9.84 Å². The van der Waals surface area contributed by atoms with E-state index in [9.17, 15) is 4.79 Å². The Bertz CT molecular complexity index is 202. The largest absolute Gasteiger partial charge is 0.501 e. The zero-order chi connectivity index (χ0) is 9.23. The van der Waals surface area contributed by atoms with Crippen LogP contribution >= 0.6 is 0 Å². The van der Waals surface area contributed by atoms with Crippen molar-refractivity contribution in [2.75, 3.05) is 6.61 Å². The normalized spacial score (nSPS) is 11.8. The van der Waals surface area contributed by atoms with E-state index in [-0.39, 0.29) is 0 Å². The summed E-state index contributed by atoms with van der Waals surface area (Å²) in [5.74, 6) is -0.951. The first-order valence-corrected chi connectivity index (χ1v) is 3.61. The summed E-state index contributed by atoms with van der Waals surface area (Å²) in [6.45, 7) is 2.52. The highest BCUT2D eigenvalue weighted by atomic mass is 16.5. The lowest BCUT2D eigenvalue weighted by Crippen LogP contribution is -1.84. The van der Waals surface area contributed by atoms with Crippen molar-refractivity contribution in [1.29, 1.82) is 0 Å². The summed E-state index contributed by atoms with van der Waals surface area (Å²) < 4.78 is 4.89. The predicted molar refractivity (Wildman–Crippen MR) is 46.7 cm³/mol. The zero-order valence-electron chi connectivity index (χ0n) is 6.93. The molecule has 0 aliphatic heterocycles. The van der Waals surface area contributed by atoms with Gasteiger partial charge in [-0.1, -0.05) is 18.2 Å². The summed E-state index contributed by atoms with van der Waals surface area (Å²) >= 11 is 0. The van der Waals surface area contributed by atoms with Gasteiger partial charge in [0, 0.05) is 6.08 Å². The standard InChI is InChI=1S/C9H12O3/c1-2-12-8-6-4-3-5-7-9(10)11/h3-8H,2H2,1H3,(H,10,11). The van der Waals surface area contributed by atoms with Crippen LogP contribution in [0.2, 0.25) is 0 Å². The number of rotatable bonds is 5. The second-order valence-corrected chi connectivity index (χ2v) is 1.87. The van der Waals surface area contributed by atoms with Gasteiger partial charge in [0.2, 0.25) is 0 Å². The fraction of sp³-hybridized carbons (Fsp3) is 0.222. The van der Waals surface area contributed by atoms with Crippen molar-refractivity contribution < 1.29 is 14.6 Å². The summed E-state index contributed by atoms with van der Waals surface area (Å²) in [6.07, 6.45) is 9.04. The number of hydrogen-bond donors (Lipinski definition) is 1. The number of carboxylic acids is 1. The molecule has 0 spiro atoms. The van der Waals surface area contributed by atoms with Crippen molar-refractivity contribution in [3.63, 3.8) is 0 Å². The minimum Gasteiger partial charge on any atom is -0.501 e. The molecule has 0 amide bonds. The molecule has 0 aromatic heterocycles. The lowest BCUT2D eigenvalue weighted by molar-refractivity contribution is -0.131. The third kappa shape index (κ3) is 8.49. The summed E-state index contributed by atoms with van der Waals surface area (Å²) in [4.78, 5) is 9.97. The molecule has 0 aromatic rings. The van der Waals surface area contributed by atoms with Crippen molar-refractivity contribution in [2.45, 2.75) is 6.92 Å². The van der Waals surface area contributed by atoms with Crippen molar-refractivity contribution in [3.05, 3.63) is 36.6 Å². The average molecular weight is 168 g/mol. The van der Waals surface area contributed by atoms with E-state index in [0.717, 1.165) is 6.08 Å². The molecule has 3 nitrogen and oxygen atoms in total. The van der Waals surface area contributed by atoms with Gasteiger partial charge in [0.05, 0.1) is 12.9 Å². The van der Waals surface area contributed by atoms with Gasteiger partial charge < -0.3 is 9.84 Å². The van der Waals surface area contributed by atoms with E-state index in [1.54, 1.807) is 24.5 Å². The first-order valence-electron chi connectivity index (χ1n) is 3.61. The van der Waals surface area contributed by atoms with E-state index in [2.05, 4.69) is 0 Å². The van der Waals surface area contributed by atoms with E-state index < -0.39 is 5.97 Å². The topological polar surface area (TPSA) is 46.5 Å². The fourth-order valence-electron chi connectivity index (χ4n) is 0.463. The summed E-state index contributed by atoms with van der Waals surface area (Å²) in [5.41, 5.74) is 0.